The van der Waals surface area contributed by atoms with E-state index in [4.69, 9.17) is 0 Å². The Bertz CT molecular complexity index is 4070. The molecule has 0 atom stereocenters. The predicted molar refractivity (Wildman–Crippen MR) is 289 cm³/mol. The lowest BCUT2D eigenvalue weighted by atomic mass is 9.67. The smallest absolute Gasteiger partial charge is 0.0714 e. The van der Waals surface area contributed by atoms with E-state index in [1.165, 1.54) is 110 Å². The molecule has 0 radical (unpaired) electrons. The van der Waals surface area contributed by atoms with Crippen LogP contribution in [0.1, 0.15) is 22.3 Å². The second kappa shape index (κ2) is 15.6. The van der Waals surface area contributed by atoms with E-state index in [0.29, 0.717) is 0 Å². The van der Waals surface area contributed by atoms with Crippen molar-refractivity contribution < 1.29 is 0 Å². The summed E-state index contributed by atoms with van der Waals surface area (Å²) in [5, 5.41) is 4.94. The van der Waals surface area contributed by atoms with Gasteiger partial charge in [0.1, 0.15) is 0 Å². The van der Waals surface area contributed by atoms with Crippen molar-refractivity contribution in [2.24, 2.45) is 0 Å². The lowest BCUT2D eigenvalue weighted by Gasteiger charge is -2.34. The first-order chi connectivity index (χ1) is 34.2. The molecule has 0 fully saturated rings. The van der Waals surface area contributed by atoms with Crippen LogP contribution in [0.3, 0.4) is 0 Å². The molecule has 1 aliphatic rings. The van der Waals surface area contributed by atoms with Crippen LogP contribution in [0, 0.1) is 0 Å². The average molecular weight is 877 g/mol. The normalized spacial score (nSPS) is 12.8. The fourth-order valence-corrected chi connectivity index (χ4v) is 11.8. The fraction of sp³-hybridized carbons (Fsp3) is 0.0149. The van der Waals surface area contributed by atoms with Gasteiger partial charge >= 0.3 is 0 Å². The molecule has 0 saturated heterocycles. The molecule has 0 aliphatic heterocycles. The average Bonchev–Trinajstić information content (AvgIpc) is 4.04. The van der Waals surface area contributed by atoms with E-state index in [-0.39, 0.29) is 0 Å². The molecule has 2 nitrogen and oxygen atoms in total. The zero-order chi connectivity index (χ0) is 45.5. The highest BCUT2D eigenvalue weighted by atomic mass is 15.0. The molecule has 1 aliphatic carbocycles. The van der Waals surface area contributed by atoms with Crippen molar-refractivity contribution >= 4 is 43.6 Å². The summed E-state index contributed by atoms with van der Waals surface area (Å²) in [7, 11) is 0. The third-order valence-corrected chi connectivity index (χ3v) is 14.8. The number of nitrogens with zero attached hydrogens (tertiary/aromatic N) is 2. The van der Waals surface area contributed by atoms with Gasteiger partial charge in [-0.15, -0.1) is 0 Å². The van der Waals surface area contributed by atoms with Crippen molar-refractivity contribution in [3.05, 3.63) is 289 Å². The van der Waals surface area contributed by atoms with Crippen molar-refractivity contribution in [1.29, 1.82) is 0 Å². The Morgan fingerprint density at radius 2 is 0.667 bits per heavy atom. The van der Waals surface area contributed by atoms with Crippen molar-refractivity contribution in [2.75, 3.05) is 0 Å². The van der Waals surface area contributed by atoms with Crippen molar-refractivity contribution in [1.82, 2.24) is 9.13 Å². The highest BCUT2D eigenvalue weighted by Gasteiger charge is 2.46. The van der Waals surface area contributed by atoms with Gasteiger partial charge in [0.05, 0.1) is 27.5 Å². The van der Waals surface area contributed by atoms with Gasteiger partial charge in [-0.3, -0.25) is 0 Å². The van der Waals surface area contributed by atoms with Crippen LogP contribution < -0.4 is 0 Å². The summed E-state index contributed by atoms with van der Waals surface area (Å²) < 4.78 is 4.93. The van der Waals surface area contributed by atoms with E-state index in [0.717, 1.165) is 11.4 Å². The van der Waals surface area contributed by atoms with E-state index < -0.39 is 5.41 Å². The molecule has 2 heterocycles. The molecule has 322 valence electrons. The molecule has 0 amide bonds. The van der Waals surface area contributed by atoms with E-state index >= 15 is 0 Å². The molecule has 13 aromatic rings. The topological polar surface area (TPSA) is 9.86 Å². The molecule has 0 N–H and O–H groups in total. The van der Waals surface area contributed by atoms with Gasteiger partial charge in [0.2, 0.25) is 0 Å². The molecule has 0 bridgehead atoms. The number of para-hydroxylation sites is 1. The summed E-state index contributed by atoms with van der Waals surface area (Å²) in [6.07, 6.45) is 0. The Labute approximate surface area is 401 Å². The van der Waals surface area contributed by atoms with E-state index in [1.807, 2.05) is 0 Å². The second-order valence-corrected chi connectivity index (χ2v) is 18.4. The Morgan fingerprint density at radius 3 is 1.26 bits per heavy atom. The van der Waals surface area contributed by atoms with Crippen molar-refractivity contribution in [3.63, 3.8) is 0 Å². The Morgan fingerprint density at radius 1 is 0.232 bits per heavy atom. The first-order valence-corrected chi connectivity index (χ1v) is 23.9. The minimum atomic E-state index is -0.515. The van der Waals surface area contributed by atoms with Gasteiger partial charge in [-0.25, -0.2) is 0 Å². The van der Waals surface area contributed by atoms with Crippen LogP contribution in [0.15, 0.2) is 267 Å². The van der Waals surface area contributed by atoms with Crippen LogP contribution in [0.5, 0.6) is 0 Å². The lowest BCUT2D eigenvalue weighted by Crippen LogP contribution is -2.28. The summed E-state index contributed by atoms with van der Waals surface area (Å²) >= 11 is 0. The third kappa shape index (κ3) is 5.99. The maximum atomic E-state index is 2.52. The molecule has 0 spiro atoms. The Kier molecular flexibility index (Phi) is 8.84. The molecular formula is C67H44N2. The summed E-state index contributed by atoms with van der Waals surface area (Å²) in [5.74, 6) is 0. The Hall–Kier alpha value is -8.98. The maximum absolute atomic E-state index is 2.52. The summed E-state index contributed by atoms with van der Waals surface area (Å²) in [6.45, 7) is 0. The van der Waals surface area contributed by atoms with E-state index in [2.05, 4.69) is 276 Å². The fourth-order valence-electron chi connectivity index (χ4n) is 11.8. The summed E-state index contributed by atoms with van der Waals surface area (Å²) in [4.78, 5) is 0. The summed E-state index contributed by atoms with van der Waals surface area (Å²) in [5.41, 5.74) is 21.4. The largest absolute Gasteiger partial charge is 0.309 e. The molecule has 69 heavy (non-hydrogen) atoms. The van der Waals surface area contributed by atoms with Gasteiger partial charge in [-0.05, 0) is 133 Å². The van der Waals surface area contributed by atoms with Crippen LogP contribution >= 0.6 is 0 Å². The maximum Gasteiger partial charge on any atom is 0.0714 e. The molecule has 0 saturated carbocycles. The van der Waals surface area contributed by atoms with E-state index in [9.17, 15) is 0 Å². The summed E-state index contributed by atoms with van der Waals surface area (Å²) in [6, 6.07) is 98.7. The zero-order valence-corrected chi connectivity index (χ0v) is 37.8. The Balaban J connectivity index is 1.01. The highest BCUT2D eigenvalue weighted by molar-refractivity contribution is 6.14. The first-order valence-electron chi connectivity index (χ1n) is 23.9. The molecule has 11 aromatic carbocycles. The lowest BCUT2D eigenvalue weighted by molar-refractivity contribution is 0.769. The molecule has 0 unspecified atom stereocenters. The number of hydrogen-bond donors (Lipinski definition) is 0. The number of rotatable bonds is 7. The molecule has 14 rings (SSSR count). The van der Waals surface area contributed by atoms with Gasteiger partial charge in [-0.2, -0.15) is 0 Å². The third-order valence-electron chi connectivity index (χ3n) is 14.8. The number of hydrogen-bond acceptors (Lipinski definition) is 0. The van der Waals surface area contributed by atoms with Crippen molar-refractivity contribution in [3.8, 4) is 55.9 Å². The number of aromatic nitrogens is 2. The predicted octanol–water partition coefficient (Wildman–Crippen LogP) is 17.2. The van der Waals surface area contributed by atoms with Crippen LogP contribution in [0.2, 0.25) is 0 Å². The van der Waals surface area contributed by atoms with Crippen LogP contribution in [-0.2, 0) is 5.41 Å². The van der Waals surface area contributed by atoms with Gasteiger partial charge in [-0.1, -0.05) is 200 Å². The SMILES string of the molecule is c1ccc(-c2cccc(-n3c4ccccc4c4cc(-c5ccc6c(c5)c5cc7c(cc5n6-c5cccc(-c6ccccc6)c5)C(c5ccccc5)(c5ccccc5)c5ccccc5-7)ccc43)c2)cc1. The second-order valence-electron chi connectivity index (χ2n) is 18.4. The van der Waals surface area contributed by atoms with Crippen LogP contribution in [0.4, 0.5) is 0 Å². The number of benzene rings is 11. The zero-order valence-electron chi connectivity index (χ0n) is 37.8. The molecule has 2 heteroatoms. The standard InChI is InChI=1S/C67H44N2/c1-5-19-45(20-6-1)47-23-17-29-53(39-47)68-63-34-16-14-32-56(63)58-41-49(35-37-64(58)68)50-36-38-65-59(42-50)60-43-57-55-31-13-15-33-61(55)67(51-25-9-3-10-26-51,52-27-11-4-12-28-52)62(57)44-66(60)69(65)54-30-18-24-48(40-54)46-21-7-2-8-22-46/h1-44H. The van der Waals surface area contributed by atoms with Gasteiger partial charge in [0.15, 0.2) is 0 Å². The molecular weight excluding hydrogens is 833 g/mol. The van der Waals surface area contributed by atoms with Crippen molar-refractivity contribution in [2.45, 2.75) is 5.41 Å². The molecule has 2 aromatic heterocycles. The minimum Gasteiger partial charge on any atom is -0.309 e. The monoisotopic (exact) mass is 876 g/mol. The quantitative estimate of drug-likeness (QED) is 0.151. The number of fused-ring (bicyclic) bond motifs is 9. The minimum absolute atomic E-state index is 0.515. The van der Waals surface area contributed by atoms with E-state index in [1.54, 1.807) is 0 Å². The van der Waals surface area contributed by atoms with Gasteiger partial charge < -0.3 is 9.13 Å². The first kappa shape index (κ1) is 39.2. The van der Waals surface area contributed by atoms with Gasteiger partial charge in [0, 0.05) is 32.9 Å². The van der Waals surface area contributed by atoms with Crippen LogP contribution in [-0.4, -0.2) is 9.13 Å². The van der Waals surface area contributed by atoms with Gasteiger partial charge in [0.25, 0.3) is 0 Å². The van der Waals surface area contributed by atoms with Crippen LogP contribution in [0.25, 0.3) is 99.5 Å². The highest BCUT2D eigenvalue weighted by Crippen LogP contribution is 2.57.